The first kappa shape index (κ1) is 15.6. The van der Waals surface area contributed by atoms with Crippen LogP contribution in [-0.4, -0.2) is 20.1 Å². The molecule has 3 rings (SSSR count). The minimum Gasteiger partial charge on any atom is -0.496 e. The average Bonchev–Trinajstić information content (AvgIpc) is 2.58. The lowest BCUT2D eigenvalue weighted by atomic mass is 10.1. The Kier molecular flexibility index (Phi) is 5.00. The van der Waals surface area contributed by atoms with Gasteiger partial charge in [0.25, 0.3) is 0 Å². The van der Waals surface area contributed by atoms with Gasteiger partial charge in [0.1, 0.15) is 18.1 Å². The molecule has 0 spiro atoms. The van der Waals surface area contributed by atoms with Gasteiger partial charge in [-0.05, 0) is 24.3 Å². The van der Waals surface area contributed by atoms with Crippen LogP contribution in [0.3, 0.4) is 0 Å². The van der Waals surface area contributed by atoms with Crippen LogP contribution < -0.4 is 9.47 Å². The first-order valence-corrected chi connectivity index (χ1v) is 7.46. The van der Waals surface area contributed by atoms with Gasteiger partial charge in [-0.2, -0.15) is 0 Å². The van der Waals surface area contributed by atoms with Gasteiger partial charge in [0, 0.05) is 21.7 Å². The van der Waals surface area contributed by atoms with Crippen LogP contribution in [0, 0.1) is 0 Å². The Balaban J connectivity index is 1.69. The van der Waals surface area contributed by atoms with Crippen molar-refractivity contribution >= 4 is 17.8 Å². The van der Waals surface area contributed by atoms with E-state index in [1.54, 1.807) is 13.3 Å². The lowest BCUT2D eigenvalue weighted by Crippen LogP contribution is -2.13. The molecular formula is C17H16ClNO4. The molecule has 0 bridgehead atoms. The second-order valence-corrected chi connectivity index (χ2v) is 5.35. The molecule has 0 radical (unpaired) electrons. The normalized spacial score (nSPS) is 13.5. The Morgan fingerprint density at radius 1 is 1.30 bits per heavy atom. The van der Waals surface area contributed by atoms with Gasteiger partial charge in [-0.3, -0.25) is 0 Å². The van der Waals surface area contributed by atoms with E-state index in [-0.39, 0.29) is 13.4 Å². The molecule has 1 aliphatic heterocycles. The van der Waals surface area contributed by atoms with Crippen LogP contribution in [0.15, 0.2) is 41.6 Å². The molecule has 6 heteroatoms. The third kappa shape index (κ3) is 3.75. The lowest BCUT2D eigenvalue weighted by Gasteiger charge is -2.20. The highest BCUT2D eigenvalue weighted by molar-refractivity contribution is 6.30. The zero-order valence-electron chi connectivity index (χ0n) is 12.6. The minimum atomic E-state index is 0.228. The van der Waals surface area contributed by atoms with Gasteiger partial charge in [-0.15, -0.1) is 0 Å². The van der Waals surface area contributed by atoms with Gasteiger partial charge < -0.3 is 19.0 Å². The molecule has 23 heavy (non-hydrogen) atoms. The number of nitrogens with zero attached hydrogens (tertiary/aromatic N) is 1. The zero-order valence-corrected chi connectivity index (χ0v) is 13.4. The van der Waals surface area contributed by atoms with Crippen molar-refractivity contribution in [1.29, 1.82) is 0 Å². The summed E-state index contributed by atoms with van der Waals surface area (Å²) >= 11 is 6.11. The smallest absolute Gasteiger partial charge is 0.189 e. The van der Waals surface area contributed by atoms with Gasteiger partial charge in [0.2, 0.25) is 0 Å². The highest BCUT2D eigenvalue weighted by atomic mass is 35.5. The third-order valence-electron chi connectivity index (χ3n) is 3.38. The van der Waals surface area contributed by atoms with E-state index in [1.165, 1.54) is 0 Å². The number of rotatable bonds is 5. The van der Waals surface area contributed by atoms with E-state index in [2.05, 4.69) is 5.16 Å². The summed E-state index contributed by atoms with van der Waals surface area (Å²) in [6.45, 7) is 0.966. The Bertz CT molecular complexity index is 718. The van der Waals surface area contributed by atoms with Crippen molar-refractivity contribution < 1.29 is 19.0 Å². The van der Waals surface area contributed by atoms with E-state index < -0.39 is 0 Å². The fraction of sp³-hybridized carbons (Fsp3) is 0.235. The molecule has 0 aromatic heterocycles. The molecule has 1 heterocycles. The number of hydrogen-bond donors (Lipinski definition) is 0. The van der Waals surface area contributed by atoms with Gasteiger partial charge >= 0.3 is 0 Å². The molecule has 2 aromatic rings. The molecule has 120 valence electrons. The predicted octanol–water partition coefficient (Wildman–Crippen LogP) is 3.77. The van der Waals surface area contributed by atoms with E-state index in [9.17, 15) is 0 Å². The van der Waals surface area contributed by atoms with Crippen LogP contribution in [0.5, 0.6) is 11.5 Å². The van der Waals surface area contributed by atoms with Gasteiger partial charge in [-0.1, -0.05) is 28.9 Å². The second kappa shape index (κ2) is 7.35. The number of oxime groups is 1. The molecule has 0 N–H and O–H groups in total. The van der Waals surface area contributed by atoms with Crippen LogP contribution in [0.2, 0.25) is 5.02 Å². The van der Waals surface area contributed by atoms with Gasteiger partial charge in [0.15, 0.2) is 6.79 Å². The summed E-state index contributed by atoms with van der Waals surface area (Å²) in [5.41, 5.74) is 2.59. The fourth-order valence-corrected chi connectivity index (χ4v) is 2.60. The van der Waals surface area contributed by atoms with E-state index >= 15 is 0 Å². The Morgan fingerprint density at radius 2 is 2.17 bits per heavy atom. The van der Waals surface area contributed by atoms with Gasteiger partial charge in [0.05, 0.1) is 19.9 Å². The van der Waals surface area contributed by atoms with E-state index in [0.717, 1.165) is 28.2 Å². The topological polar surface area (TPSA) is 49.3 Å². The average molecular weight is 334 g/mol. The molecule has 1 aliphatic rings. The highest BCUT2D eigenvalue weighted by Crippen LogP contribution is 2.32. The van der Waals surface area contributed by atoms with E-state index in [4.69, 9.17) is 30.6 Å². The lowest BCUT2D eigenvalue weighted by molar-refractivity contribution is -0.0183. The standard InChI is InChI=1S/C17H16ClNO4/c1-20-16-5-3-2-4-12(16)8-19-23-10-14-7-15(18)6-13-9-21-11-22-17(13)14/h2-8H,9-11H2,1H3/b19-8-. The van der Waals surface area contributed by atoms with Gasteiger partial charge in [-0.25, -0.2) is 0 Å². The molecule has 5 nitrogen and oxygen atoms in total. The van der Waals surface area contributed by atoms with Crippen LogP contribution in [0.25, 0.3) is 0 Å². The van der Waals surface area contributed by atoms with Crippen molar-refractivity contribution in [2.45, 2.75) is 13.2 Å². The highest BCUT2D eigenvalue weighted by Gasteiger charge is 2.16. The number of halogens is 1. The summed E-state index contributed by atoms with van der Waals surface area (Å²) in [5, 5.41) is 4.61. The van der Waals surface area contributed by atoms with Crippen molar-refractivity contribution in [3.05, 3.63) is 58.1 Å². The van der Waals surface area contributed by atoms with E-state index in [1.807, 2.05) is 36.4 Å². The number of ether oxygens (including phenoxy) is 3. The Labute approximate surface area is 139 Å². The minimum absolute atomic E-state index is 0.228. The Morgan fingerprint density at radius 3 is 3.04 bits per heavy atom. The molecule has 0 saturated heterocycles. The van der Waals surface area contributed by atoms with Crippen LogP contribution in [-0.2, 0) is 22.8 Å². The molecule has 0 atom stereocenters. The molecule has 2 aromatic carbocycles. The van der Waals surface area contributed by atoms with Crippen molar-refractivity contribution in [3.8, 4) is 11.5 Å². The van der Waals surface area contributed by atoms with Crippen molar-refractivity contribution in [1.82, 2.24) is 0 Å². The first-order valence-electron chi connectivity index (χ1n) is 7.08. The van der Waals surface area contributed by atoms with Crippen molar-refractivity contribution in [2.24, 2.45) is 5.16 Å². The molecule has 0 amide bonds. The van der Waals surface area contributed by atoms with Crippen LogP contribution in [0.4, 0.5) is 0 Å². The summed E-state index contributed by atoms with van der Waals surface area (Å²) in [7, 11) is 1.62. The SMILES string of the molecule is COc1ccccc1/C=N\OCc1cc(Cl)cc2c1OCOC2. The fourth-order valence-electron chi connectivity index (χ4n) is 2.34. The Hall–Kier alpha value is -2.24. The van der Waals surface area contributed by atoms with Crippen molar-refractivity contribution in [2.75, 3.05) is 13.9 Å². The molecular weight excluding hydrogens is 318 g/mol. The zero-order chi connectivity index (χ0) is 16.1. The molecule has 0 unspecified atom stereocenters. The molecule has 0 saturated carbocycles. The monoisotopic (exact) mass is 333 g/mol. The summed E-state index contributed by atoms with van der Waals surface area (Å²) in [5.74, 6) is 1.49. The first-order chi connectivity index (χ1) is 11.3. The molecule has 0 fully saturated rings. The third-order valence-corrected chi connectivity index (χ3v) is 3.60. The summed E-state index contributed by atoms with van der Waals surface area (Å²) in [4.78, 5) is 5.38. The maximum atomic E-state index is 6.11. The summed E-state index contributed by atoms with van der Waals surface area (Å²) in [6.07, 6.45) is 1.61. The number of fused-ring (bicyclic) bond motifs is 1. The maximum Gasteiger partial charge on any atom is 0.189 e. The summed E-state index contributed by atoms with van der Waals surface area (Å²) < 4.78 is 16.0. The van der Waals surface area contributed by atoms with Crippen LogP contribution >= 0.6 is 11.6 Å². The largest absolute Gasteiger partial charge is 0.496 e. The van der Waals surface area contributed by atoms with Crippen LogP contribution in [0.1, 0.15) is 16.7 Å². The molecule has 0 aliphatic carbocycles. The maximum absolute atomic E-state index is 6.11. The van der Waals surface area contributed by atoms with Crippen molar-refractivity contribution in [3.63, 3.8) is 0 Å². The number of benzene rings is 2. The number of hydrogen-bond acceptors (Lipinski definition) is 5. The summed E-state index contributed by atoms with van der Waals surface area (Å²) in [6, 6.07) is 11.2. The predicted molar refractivity (Wildman–Crippen MR) is 87.1 cm³/mol. The second-order valence-electron chi connectivity index (χ2n) is 4.91. The number of para-hydroxylation sites is 1. The van der Waals surface area contributed by atoms with E-state index in [0.29, 0.717) is 11.6 Å². The number of methoxy groups -OCH3 is 1. The quantitative estimate of drug-likeness (QED) is 0.617.